The van der Waals surface area contributed by atoms with Crippen molar-refractivity contribution in [2.45, 2.75) is 6.18 Å². The molecule has 0 saturated carbocycles. The van der Waals surface area contributed by atoms with E-state index in [9.17, 15) is 18.0 Å². The van der Waals surface area contributed by atoms with E-state index < -0.39 is 22.7 Å². The molecule has 6 nitrogen and oxygen atoms in total. The Hall–Kier alpha value is -3.43. The van der Waals surface area contributed by atoms with E-state index in [4.69, 9.17) is 27.8 Å². The number of nitrogens with two attached hydrogens (primary N) is 2. The van der Waals surface area contributed by atoms with Gasteiger partial charge in [-0.15, -0.1) is 12.4 Å². The van der Waals surface area contributed by atoms with Crippen LogP contribution in [0.2, 0.25) is 5.02 Å². The van der Waals surface area contributed by atoms with Crippen LogP contribution < -0.4 is 21.5 Å². The van der Waals surface area contributed by atoms with Crippen molar-refractivity contribution in [1.82, 2.24) is 0 Å². The first-order valence-corrected chi connectivity index (χ1v) is 9.15. The number of benzene rings is 3. The summed E-state index contributed by atoms with van der Waals surface area (Å²) >= 11 is 5.59. The third kappa shape index (κ3) is 6.53. The van der Waals surface area contributed by atoms with Gasteiger partial charge in [0.25, 0.3) is 5.91 Å². The van der Waals surface area contributed by atoms with Crippen molar-refractivity contribution in [3.63, 3.8) is 0 Å². The van der Waals surface area contributed by atoms with E-state index in [0.29, 0.717) is 28.9 Å². The van der Waals surface area contributed by atoms with E-state index in [-0.39, 0.29) is 23.9 Å². The molecule has 3 rings (SSSR count). The molecule has 3 aromatic carbocycles. The number of nitrogens with zero attached hydrogens (tertiary/aromatic N) is 1. The number of hydrogen-bond donors (Lipinski definition) is 3. The van der Waals surface area contributed by atoms with Gasteiger partial charge in [0.1, 0.15) is 11.5 Å². The lowest BCUT2D eigenvalue weighted by atomic mass is 10.1. The number of anilines is 1. The summed E-state index contributed by atoms with van der Waals surface area (Å²) in [6.07, 6.45) is -4.67. The van der Waals surface area contributed by atoms with Crippen molar-refractivity contribution >= 4 is 47.2 Å². The summed E-state index contributed by atoms with van der Waals surface area (Å²) in [5.74, 6) is 0.103. The molecular weight excluding hydrogens is 468 g/mol. The number of ether oxygens (including phenoxy) is 1. The fraction of sp³-hybridized carbons (Fsp3) is 0.0476. The summed E-state index contributed by atoms with van der Waals surface area (Å²) in [7, 11) is 0. The number of hydrogen-bond acceptors (Lipinski definition) is 3. The lowest BCUT2D eigenvalue weighted by Gasteiger charge is -2.12. The van der Waals surface area contributed by atoms with Crippen molar-refractivity contribution < 1.29 is 22.7 Å². The summed E-state index contributed by atoms with van der Waals surface area (Å²) in [5.41, 5.74) is 10.3. The molecule has 168 valence electrons. The van der Waals surface area contributed by atoms with Crippen LogP contribution in [0.4, 0.5) is 24.5 Å². The average Bonchev–Trinajstić information content (AvgIpc) is 2.69. The quantitative estimate of drug-likeness (QED) is 0.317. The highest BCUT2D eigenvalue weighted by Crippen LogP contribution is 2.35. The minimum Gasteiger partial charge on any atom is -0.457 e. The highest BCUT2D eigenvalue weighted by Gasteiger charge is 2.33. The van der Waals surface area contributed by atoms with Crippen LogP contribution in [-0.2, 0) is 6.18 Å². The highest BCUT2D eigenvalue weighted by molar-refractivity contribution is 6.31. The summed E-state index contributed by atoms with van der Waals surface area (Å²) in [6.45, 7) is 0. The zero-order valence-electron chi connectivity index (χ0n) is 16.2. The Labute approximate surface area is 192 Å². The monoisotopic (exact) mass is 484 g/mol. The number of guanidine groups is 1. The molecule has 1 amide bonds. The molecule has 0 unspecified atom stereocenters. The van der Waals surface area contributed by atoms with Gasteiger partial charge in [-0.25, -0.2) is 4.99 Å². The molecule has 5 N–H and O–H groups in total. The molecule has 0 spiro atoms. The second kappa shape index (κ2) is 10.3. The number of carbonyl (C=O) groups excluding carboxylic acids is 1. The first kappa shape index (κ1) is 24.8. The highest BCUT2D eigenvalue weighted by atomic mass is 35.5. The Morgan fingerprint density at radius 1 is 0.969 bits per heavy atom. The summed E-state index contributed by atoms with van der Waals surface area (Å²) in [4.78, 5) is 16.3. The first-order chi connectivity index (χ1) is 14.6. The number of carbonyl (C=O) groups is 1. The number of alkyl halides is 3. The van der Waals surface area contributed by atoms with Crippen molar-refractivity contribution in [1.29, 1.82) is 0 Å². The van der Waals surface area contributed by atoms with Crippen molar-refractivity contribution in [3.05, 3.63) is 82.9 Å². The predicted molar refractivity (Wildman–Crippen MR) is 120 cm³/mol. The SMILES string of the molecule is Cl.NC(N)=Nc1ccc(Oc2cccc(NC(=O)c3ccc(Cl)c(C(F)(F)F)c3)c2)cc1. The van der Waals surface area contributed by atoms with Crippen LogP contribution in [0.25, 0.3) is 0 Å². The maximum atomic E-state index is 13.0. The van der Waals surface area contributed by atoms with Crippen LogP contribution in [-0.4, -0.2) is 11.9 Å². The number of aliphatic imine (C=N–C) groups is 1. The Bertz CT molecular complexity index is 1130. The largest absolute Gasteiger partial charge is 0.457 e. The maximum Gasteiger partial charge on any atom is 0.417 e. The average molecular weight is 485 g/mol. The van der Waals surface area contributed by atoms with E-state index >= 15 is 0 Å². The van der Waals surface area contributed by atoms with Gasteiger partial charge in [-0.2, -0.15) is 13.2 Å². The van der Waals surface area contributed by atoms with Gasteiger partial charge in [0.05, 0.1) is 16.3 Å². The van der Waals surface area contributed by atoms with Crippen molar-refractivity contribution in [2.75, 3.05) is 5.32 Å². The first-order valence-electron chi connectivity index (χ1n) is 8.77. The molecule has 0 fully saturated rings. The maximum absolute atomic E-state index is 13.0. The molecule has 0 atom stereocenters. The van der Waals surface area contributed by atoms with Crippen LogP contribution in [0.3, 0.4) is 0 Å². The fourth-order valence-corrected chi connectivity index (χ4v) is 2.82. The van der Waals surface area contributed by atoms with Crippen LogP contribution in [0.15, 0.2) is 71.7 Å². The smallest absolute Gasteiger partial charge is 0.417 e. The molecule has 11 heteroatoms. The Balaban J connectivity index is 0.00000363. The minimum atomic E-state index is -4.67. The Kier molecular flexibility index (Phi) is 7.96. The van der Waals surface area contributed by atoms with Gasteiger partial charge in [-0.05, 0) is 54.6 Å². The molecule has 0 heterocycles. The number of nitrogens with one attached hydrogen (secondary N) is 1. The zero-order chi connectivity index (χ0) is 22.6. The molecule has 0 aliphatic rings. The fourth-order valence-electron chi connectivity index (χ4n) is 2.60. The zero-order valence-corrected chi connectivity index (χ0v) is 17.8. The van der Waals surface area contributed by atoms with Gasteiger partial charge in [0.2, 0.25) is 0 Å². The normalized spacial score (nSPS) is 10.6. The van der Waals surface area contributed by atoms with Gasteiger partial charge in [0.15, 0.2) is 5.96 Å². The topological polar surface area (TPSA) is 103 Å². The van der Waals surface area contributed by atoms with Crippen LogP contribution in [0.5, 0.6) is 11.5 Å². The number of halogens is 5. The lowest BCUT2D eigenvalue weighted by molar-refractivity contribution is -0.137. The third-order valence-corrected chi connectivity index (χ3v) is 4.29. The predicted octanol–water partition coefficient (Wildman–Crippen LogP) is 5.73. The van der Waals surface area contributed by atoms with Gasteiger partial charge < -0.3 is 21.5 Å². The van der Waals surface area contributed by atoms with Gasteiger partial charge >= 0.3 is 6.18 Å². The molecule has 0 aliphatic carbocycles. The van der Waals surface area contributed by atoms with Crippen molar-refractivity contribution in [2.24, 2.45) is 16.5 Å². The molecule has 0 radical (unpaired) electrons. The third-order valence-electron chi connectivity index (χ3n) is 3.96. The van der Waals surface area contributed by atoms with Crippen LogP contribution in [0, 0.1) is 0 Å². The van der Waals surface area contributed by atoms with E-state index in [2.05, 4.69) is 10.3 Å². The molecule has 0 saturated heterocycles. The van der Waals surface area contributed by atoms with Gasteiger partial charge in [-0.3, -0.25) is 4.79 Å². The molecule has 32 heavy (non-hydrogen) atoms. The number of rotatable bonds is 5. The Morgan fingerprint density at radius 3 is 2.28 bits per heavy atom. The lowest BCUT2D eigenvalue weighted by Crippen LogP contribution is -2.21. The summed E-state index contributed by atoms with van der Waals surface area (Å²) in [5, 5.41) is 2.06. The molecular formula is C21H17Cl2F3N4O2. The molecule has 0 bridgehead atoms. The molecule has 0 aromatic heterocycles. The van der Waals surface area contributed by atoms with Gasteiger partial charge in [-0.1, -0.05) is 17.7 Å². The second-order valence-electron chi connectivity index (χ2n) is 6.31. The van der Waals surface area contributed by atoms with Crippen molar-refractivity contribution in [3.8, 4) is 11.5 Å². The van der Waals surface area contributed by atoms with Gasteiger partial charge in [0, 0.05) is 17.3 Å². The standard InChI is InChI=1S/C21H16ClF3N4O2.ClH/c22-18-9-4-12(10-17(18)21(23,24)25)19(30)28-14-2-1-3-16(11-14)31-15-7-5-13(6-8-15)29-20(26)27;/h1-11H,(H,28,30)(H4,26,27,29);1H. The summed E-state index contributed by atoms with van der Waals surface area (Å²) < 4.78 is 44.8. The second-order valence-corrected chi connectivity index (χ2v) is 6.71. The minimum absolute atomic E-state index is 0. The molecule has 3 aromatic rings. The van der Waals surface area contributed by atoms with E-state index in [1.54, 1.807) is 42.5 Å². The Morgan fingerprint density at radius 2 is 1.66 bits per heavy atom. The van der Waals surface area contributed by atoms with Crippen LogP contribution >= 0.6 is 24.0 Å². The number of amides is 1. The van der Waals surface area contributed by atoms with E-state index in [1.165, 1.54) is 12.1 Å². The van der Waals surface area contributed by atoms with E-state index in [1.807, 2.05) is 0 Å². The summed E-state index contributed by atoms with van der Waals surface area (Å²) in [6, 6.07) is 15.9. The van der Waals surface area contributed by atoms with E-state index in [0.717, 1.165) is 6.07 Å². The molecule has 0 aliphatic heterocycles. The van der Waals surface area contributed by atoms with Crippen LogP contribution in [0.1, 0.15) is 15.9 Å².